The normalized spacial score (nSPS) is 15.6. The Morgan fingerprint density at radius 2 is 2.10 bits per heavy atom. The van der Waals surface area contributed by atoms with Gasteiger partial charge in [-0.15, -0.1) is 24.0 Å². The van der Waals surface area contributed by atoms with Crippen LogP contribution < -0.4 is 10.9 Å². The van der Waals surface area contributed by atoms with Gasteiger partial charge in [0.25, 0.3) is 0 Å². The summed E-state index contributed by atoms with van der Waals surface area (Å²) in [5.41, 5.74) is 6.63. The molecule has 0 saturated heterocycles. The van der Waals surface area contributed by atoms with Crippen molar-refractivity contribution in [3.05, 3.63) is 29.8 Å². The molecule has 0 atom stereocenters. The predicted molar refractivity (Wildman–Crippen MR) is 89.3 cm³/mol. The molecule has 4 N–H and O–H groups in total. The molecule has 0 amide bonds. The summed E-state index contributed by atoms with van der Waals surface area (Å²) in [6.45, 7) is 0.340. The molecule has 0 aromatic heterocycles. The maximum absolute atomic E-state index is 11.2. The van der Waals surface area contributed by atoms with Gasteiger partial charge in [-0.3, -0.25) is 0 Å². The van der Waals surface area contributed by atoms with E-state index in [1.54, 1.807) is 12.1 Å². The van der Waals surface area contributed by atoms with Gasteiger partial charge in [0.2, 0.25) is 10.0 Å². The van der Waals surface area contributed by atoms with Gasteiger partial charge in [-0.25, -0.2) is 18.5 Å². The van der Waals surface area contributed by atoms with E-state index in [-0.39, 0.29) is 28.9 Å². The van der Waals surface area contributed by atoms with Crippen molar-refractivity contribution in [2.45, 2.75) is 30.3 Å². The first-order valence-corrected chi connectivity index (χ1v) is 7.57. The van der Waals surface area contributed by atoms with Crippen LogP contribution in [0.5, 0.6) is 0 Å². The van der Waals surface area contributed by atoms with E-state index in [1.807, 2.05) is 11.9 Å². The Bertz CT molecular complexity index is 599. The summed E-state index contributed by atoms with van der Waals surface area (Å²) in [6.07, 6.45) is 2.29. The lowest BCUT2D eigenvalue weighted by atomic mass is 10.2. The van der Waals surface area contributed by atoms with E-state index in [9.17, 15) is 8.42 Å². The third kappa shape index (κ3) is 4.60. The number of aliphatic imine (C=N–C) groups is 1. The second kappa shape index (κ2) is 6.72. The highest BCUT2D eigenvalue weighted by atomic mass is 127. The first-order valence-electron chi connectivity index (χ1n) is 6.02. The first-order chi connectivity index (χ1) is 8.88. The number of nitrogens with two attached hydrogens (primary N) is 2. The molecule has 8 heteroatoms. The maximum atomic E-state index is 11.2. The topological polar surface area (TPSA) is 102 Å². The van der Waals surface area contributed by atoms with Gasteiger partial charge >= 0.3 is 0 Å². The highest BCUT2D eigenvalue weighted by molar-refractivity contribution is 14.0. The fourth-order valence-electron chi connectivity index (χ4n) is 1.75. The molecule has 1 aromatic carbocycles. The Morgan fingerprint density at radius 3 is 2.65 bits per heavy atom. The third-order valence-corrected chi connectivity index (χ3v) is 4.02. The molecule has 1 aromatic rings. The molecular weight excluding hydrogens is 391 g/mol. The lowest BCUT2D eigenvalue weighted by molar-refractivity contribution is 0.487. The number of primary sulfonamides is 1. The Hall–Kier alpha value is -0.870. The van der Waals surface area contributed by atoms with Crippen LogP contribution >= 0.6 is 24.0 Å². The Labute approximate surface area is 136 Å². The number of hydrogen-bond donors (Lipinski definition) is 2. The van der Waals surface area contributed by atoms with Crippen LogP contribution in [-0.4, -0.2) is 32.4 Å². The summed E-state index contributed by atoms with van der Waals surface area (Å²) < 4.78 is 22.5. The molecule has 1 aliphatic rings. The summed E-state index contributed by atoms with van der Waals surface area (Å²) >= 11 is 0. The van der Waals surface area contributed by atoms with Crippen molar-refractivity contribution in [3.63, 3.8) is 0 Å². The molecule has 0 spiro atoms. The Morgan fingerprint density at radius 1 is 1.45 bits per heavy atom. The van der Waals surface area contributed by atoms with Gasteiger partial charge in [-0.05, 0) is 30.5 Å². The predicted octanol–water partition coefficient (Wildman–Crippen LogP) is 0.861. The van der Waals surface area contributed by atoms with Crippen LogP contribution in [0.2, 0.25) is 0 Å². The average molecular weight is 410 g/mol. The molecular formula is C12H19IN4O2S. The average Bonchev–Trinajstić information content (AvgIpc) is 3.18. The molecule has 1 aliphatic carbocycles. The van der Waals surface area contributed by atoms with Crippen molar-refractivity contribution >= 4 is 40.0 Å². The summed E-state index contributed by atoms with van der Waals surface area (Å²) in [5, 5.41) is 5.08. The second-order valence-electron chi connectivity index (χ2n) is 4.71. The highest BCUT2D eigenvalue weighted by Gasteiger charge is 2.27. The van der Waals surface area contributed by atoms with E-state index in [1.165, 1.54) is 12.1 Å². The number of guanidine groups is 1. The first kappa shape index (κ1) is 17.2. The second-order valence-corrected chi connectivity index (χ2v) is 6.27. The standard InChI is InChI=1S/C12H18N4O2S.HI/c1-16(10-5-6-10)12(13)15-8-9-3-2-4-11(7-9)19(14,17)18;/h2-4,7,10H,5-6,8H2,1H3,(H2,13,15)(H2,14,17,18);1H. The van der Waals surface area contributed by atoms with Crippen molar-refractivity contribution in [1.82, 2.24) is 4.90 Å². The molecule has 0 unspecified atom stereocenters. The van der Waals surface area contributed by atoms with Crippen LogP contribution in [0.15, 0.2) is 34.2 Å². The molecule has 1 fully saturated rings. The van der Waals surface area contributed by atoms with E-state index in [0.717, 1.165) is 18.4 Å². The van der Waals surface area contributed by atoms with Crippen LogP contribution in [-0.2, 0) is 16.6 Å². The zero-order valence-electron chi connectivity index (χ0n) is 11.2. The zero-order chi connectivity index (χ0) is 14.0. The van der Waals surface area contributed by atoms with Crippen LogP contribution in [0.3, 0.4) is 0 Å². The van der Waals surface area contributed by atoms with Crippen LogP contribution in [0.4, 0.5) is 0 Å². The van der Waals surface area contributed by atoms with Crippen molar-refractivity contribution in [2.75, 3.05) is 7.05 Å². The number of nitrogens with zero attached hydrogens (tertiary/aromatic N) is 2. The molecule has 6 nitrogen and oxygen atoms in total. The van der Waals surface area contributed by atoms with Crippen molar-refractivity contribution in [1.29, 1.82) is 0 Å². The molecule has 0 heterocycles. The minimum Gasteiger partial charge on any atom is -0.370 e. The fraction of sp³-hybridized carbons (Fsp3) is 0.417. The van der Waals surface area contributed by atoms with Crippen molar-refractivity contribution in [3.8, 4) is 0 Å². The number of halogens is 1. The van der Waals surface area contributed by atoms with E-state index in [2.05, 4.69) is 4.99 Å². The smallest absolute Gasteiger partial charge is 0.238 e. The number of sulfonamides is 1. The van der Waals surface area contributed by atoms with E-state index in [4.69, 9.17) is 10.9 Å². The van der Waals surface area contributed by atoms with Crippen LogP contribution in [0.1, 0.15) is 18.4 Å². The lowest BCUT2D eigenvalue weighted by Gasteiger charge is -2.16. The molecule has 20 heavy (non-hydrogen) atoms. The molecule has 0 bridgehead atoms. The van der Waals surface area contributed by atoms with Gasteiger partial charge in [-0.2, -0.15) is 0 Å². The van der Waals surface area contributed by atoms with Crippen molar-refractivity contribution < 1.29 is 8.42 Å². The van der Waals surface area contributed by atoms with Crippen LogP contribution in [0.25, 0.3) is 0 Å². The number of benzene rings is 1. The zero-order valence-corrected chi connectivity index (χ0v) is 14.3. The van der Waals surface area contributed by atoms with Gasteiger partial charge in [0.05, 0.1) is 11.4 Å². The SMILES string of the molecule is CN(C(N)=NCc1cccc(S(N)(=O)=O)c1)C1CC1.I. The number of hydrogen-bond acceptors (Lipinski definition) is 3. The minimum atomic E-state index is -3.67. The van der Waals surface area contributed by atoms with E-state index < -0.39 is 10.0 Å². The highest BCUT2D eigenvalue weighted by Crippen LogP contribution is 2.24. The molecule has 1 saturated carbocycles. The largest absolute Gasteiger partial charge is 0.370 e. The maximum Gasteiger partial charge on any atom is 0.238 e. The summed E-state index contributed by atoms with van der Waals surface area (Å²) in [7, 11) is -1.76. The Balaban J connectivity index is 0.00000200. The Kier molecular flexibility index (Phi) is 5.78. The third-order valence-electron chi connectivity index (χ3n) is 3.11. The summed E-state index contributed by atoms with van der Waals surface area (Å²) in [5.74, 6) is 0.475. The van der Waals surface area contributed by atoms with Crippen molar-refractivity contribution in [2.24, 2.45) is 15.9 Å². The minimum absolute atomic E-state index is 0. The van der Waals surface area contributed by atoms with E-state index >= 15 is 0 Å². The molecule has 112 valence electrons. The number of rotatable bonds is 4. The molecule has 2 rings (SSSR count). The van der Waals surface area contributed by atoms with Gasteiger partial charge in [-0.1, -0.05) is 12.1 Å². The molecule has 0 aliphatic heterocycles. The van der Waals surface area contributed by atoms with Crippen LogP contribution in [0, 0.1) is 0 Å². The summed E-state index contributed by atoms with van der Waals surface area (Å²) in [6, 6.07) is 6.92. The fourth-order valence-corrected chi connectivity index (χ4v) is 2.34. The molecule has 0 radical (unpaired) electrons. The van der Waals surface area contributed by atoms with Gasteiger partial charge < -0.3 is 10.6 Å². The lowest BCUT2D eigenvalue weighted by Crippen LogP contribution is -2.35. The quantitative estimate of drug-likeness (QED) is 0.437. The van der Waals surface area contributed by atoms with Gasteiger partial charge in [0.1, 0.15) is 0 Å². The van der Waals surface area contributed by atoms with Gasteiger partial charge in [0.15, 0.2) is 5.96 Å². The van der Waals surface area contributed by atoms with E-state index in [0.29, 0.717) is 18.5 Å². The van der Waals surface area contributed by atoms with Gasteiger partial charge in [0, 0.05) is 13.1 Å². The summed E-state index contributed by atoms with van der Waals surface area (Å²) in [4.78, 5) is 6.30. The monoisotopic (exact) mass is 410 g/mol.